The van der Waals surface area contributed by atoms with Crippen LogP contribution in [0.4, 0.5) is 0 Å². The minimum absolute atomic E-state index is 0.248. The minimum Gasteiger partial charge on any atom is -0.366 e. The minimum atomic E-state index is -0.490. The highest BCUT2D eigenvalue weighted by Gasteiger charge is 2.26. The van der Waals surface area contributed by atoms with Crippen molar-refractivity contribution in [3.63, 3.8) is 0 Å². The van der Waals surface area contributed by atoms with Crippen LogP contribution < -0.4 is 10.9 Å². The van der Waals surface area contributed by atoms with Crippen molar-refractivity contribution >= 4 is 23.4 Å². The molecule has 96 valence electrons. The molecule has 0 saturated carbocycles. The van der Waals surface area contributed by atoms with E-state index >= 15 is 0 Å². The second-order valence-corrected chi connectivity index (χ2v) is 4.38. The topological polar surface area (TPSA) is 75.5 Å². The van der Waals surface area contributed by atoms with Crippen LogP contribution in [0.5, 0.6) is 0 Å². The Morgan fingerprint density at radius 2 is 2.17 bits per heavy atom. The maximum atomic E-state index is 11.5. The molecular formula is C12H14ClN2O3+. The number of nitrogen functional groups attached to an aromatic ring is 1. The first-order valence-electron chi connectivity index (χ1n) is 5.63. The van der Waals surface area contributed by atoms with Gasteiger partial charge in [-0.05, 0) is 37.1 Å². The SMILES string of the molecule is NC(=[NH+]OC(=O)C1CCCO1)c1ccc(Cl)cc1. The number of carbonyl (C=O) groups excluding carboxylic acids is 1. The van der Waals surface area contributed by atoms with Crippen LogP contribution in [0.15, 0.2) is 24.3 Å². The van der Waals surface area contributed by atoms with Gasteiger partial charge in [-0.2, -0.15) is 0 Å². The average molecular weight is 270 g/mol. The fourth-order valence-electron chi connectivity index (χ4n) is 1.62. The third-order valence-electron chi connectivity index (χ3n) is 2.61. The van der Waals surface area contributed by atoms with Gasteiger partial charge in [0.1, 0.15) is 0 Å². The summed E-state index contributed by atoms with van der Waals surface area (Å²) in [4.78, 5) is 16.4. The van der Waals surface area contributed by atoms with Crippen LogP contribution in [-0.4, -0.2) is 24.5 Å². The van der Waals surface area contributed by atoms with Gasteiger partial charge in [0.2, 0.25) is 0 Å². The molecule has 1 aromatic rings. The Morgan fingerprint density at radius 3 is 2.78 bits per heavy atom. The van der Waals surface area contributed by atoms with Crippen molar-refractivity contribution in [1.82, 2.24) is 0 Å². The maximum Gasteiger partial charge on any atom is 0.385 e. The largest absolute Gasteiger partial charge is 0.385 e. The molecule has 0 amide bonds. The van der Waals surface area contributed by atoms with Gasteiger partial charge in [0, 0.05) is 11.6 Å². The van der Waals surface area contributed by atoms with Crippen molar-refractivity contribution in [2.75, 3.05) is 6.61 Å². The van der Waals surface area contributed by atoms with E-state index in [1.807, 2.05) is 0 Å². The highest BCUT2D eigenvalue weighted by Crippen LogP contribution is 2.12. The van der Waals surface area contributed by atoms with E-state index in [-0.39, 0.29) is 5.84 Å². The van der Waals surface area contributed by atoms with E-state index in [9.17, 15) is 4.79 Å². The first kappa shape index (κ1) is 12.9. The number of rotatable bonds is 3. The van der Waals surface area contributed by atoms with Crippen LogP contribution in [0.25, 0.3) is 0 Å². The van der Waals surface area contributed by atoms with E-state index in [2.05, 4.69) is 5.16 Å². The molecule has 0 bridgehead atoms. The second-order valence-electron chi connectivity index (χ2n) is 3.95. The number of carbonyl (C=O) groups is 1. The van der Waals surface area contributed by atoms with Crippen molar-refractivity contribution in [2.45, 2.75) is 18.9 Å². The van der Waals surface area contributed by atoms with E-state index in [1.165, 1.54) is 0 Å². The zero-order valence-corrected chi connectivity index (χ0v) is 10.4. The Bertz CT molecular complexity index is 453. The van der Waals surface area contributed by atoms with Crippen molar-refractivity contribution in [3.05, 3.63) is 34.9 Å². The third kappa shape index (κ3) is 3.21. The van der Waals surface area contributed by atoms with E-state index in [0.717, 1.165) is 6.42 Å². The Labute approximate surface area is 109 Å². The molecule has 1 unspecified atom stereocenters. The van der Waals surface area contributed by atoms with Gasteiger partial charge in [-0.3, -0.25) is 10.6 Å². The molecule has 1 aliphatic heterocycles. The summed E-state index contributed by atoms with van der Waals surface area (Å²) < 4.78 is 5.19. The molecule has 1 aromatic carbocycles. The molecule has 0 aliphatic carbocycles. The summed E-state index contributed by atoms with van der Waals surface area (Å²) in [6.07, 6.45) is 1.06. The summed E-state index contributed by atoms with van der Waals surface area (Å²) in [5, 5.41) is 3.03. The fraction of sp³-hybridized carbons (Fsp3) is 0.333. The molecule has 1 saturated heterocycles. The number of ether oxygens (including phenoxy) is 1. The number of nitrogens with two attached hydrogens (primary N) is 1. The predicted octanol–water partition coefficient (Wildman–Crippen LogP) is -0.237. The summed E-state index contributed by atoms with van der Waals surface area (Å²) in [6.45, 7) is 0.593. The molecule has 1 aliphatic rings. The number of halogens is 1. The maximum absolute atomic E-state index is 11.5. The lowest BCUT2D eigenvalue weighted by atomic mass is 10.2. The zero-order valence-electron chi connectivity index (χ0n) is 9.69. The Hall–Kier alpha value is -1.59. The van der Waals surface area contributed by atoms with Crippen molar-refractivity contribution < 1.29 is 19.5 Å². The van der Waals surface area contributed by atoms with Gasteiger partial charge in [0.25, 0.3) is 0 Å². The standard InChI is InChI=1S/C12H13ClN2O3/c13-9-5-3-8(4-6-9)11(14)15-18-12(16)10-2-1-7-17-10/h3-6,10H,1-2,7H2,(H2,14,15)/p+1. The van der Waals surface area contributed by atoms with Gasteiger partial charge < -0.3 is 4.74 Å². The van der Waals surface area contributed by atoms with Crippen LogP contribution in [0, 0.1) is 0 Å². The van der Waals surface area contributed by atoms with E-state index < -0.39 is 12.1 Å². The van der Waals surface area contributed by atoms with Gasteiger partial charge >= 0.3 is 11.8 Å². The normalized spacial score (nSPS) is 19.8. The van der Waals surface area contributed by atoms with Gasteiger partial charge in [0.15, 0.2) is 6.10 Å². The number of hydrogen-bond acceptors (Lipinski definition) is 3. The monoisotopic (exact) mass is 269 g/mol. The molecule has 3 N–H and O–H groups in total. The summed E-state index contributed by atoms with van der Waals surface area (Å²) in [5.74, 6) is -0.206. The van der Waals surface area contributed by atoms with Crippen LogP contribution in [0.2, 0.25) is 5.02 Å². The first-order valence-corrected chi connectivity index (χ1v) is 6.01. The van der Waals surface area contributed by atoms with Crippen LogP contribution >= 0.6 is 11.6 Å². The summed E-state index contributed by atoms with van der Waals surface area (Å²) in [7, 11) is 0. The second kappa shape index (κ2) is 5.84. The van der Waals surface area contributed by atoms with E-state index in [1.54, 1.807) is 24.3 Å². The molecule has 1 atom stereocenters. The molecule has 1 fully saturated rings. The fourth-order valence-corrected chi connectivity index (χ4v) is 1.75. The first-order chi connectivity index (χ1) is 8.66. The molecule has 2 rings (SSSR count). The highest BCUT2D eigenvalue weighted by atomic mass is 35.5. The van der Waals surface area contributed by atoms with Crippen molar-refractivity contribution in [2.24, 2.45) is 5.73 Å². The van der Waals surface area contributed by atoms with Crippen LogP contribution in [0.3, 0.4) is 0 Å². The number of amidine groups is 1. The Kier molecular flexibility index (Phi) is 4.17. The molecule has 5 nitrogen and oxygen atoms in total. The smallest absolute Gasteiger partial charge is 0.366 e. The number of hydrogen-bond donors (Lipinski definition) is 2. The summed E-state index contributed by atoms with van der Waals surface area (Å²) in [6, 6.07) is 6.86. The molecule has 0 radical (unpaired) electrons. The average Bonchev–Trinajstić information content (AvgIpc) is 2.90. The van der Waals surface area contributed by atoms with Gasteiger partial charge in [-0.25, -0.2) is 4.79 Å². The van der Waals surface area contributed by atoms with E-state index in [0.29, 0.717) is 23.6 Å². The zero-order chi connectivity index (χ0) is 13.0. The molecule has 0 aromatic heterocycles. The summed E-state index contributed by atoms with van der Waals surface area (Å²) >= 11 is 5.76. The summed E-state index contributed by atoms with van der Waals surface area (Å²) in [5.41, 5.74) is 6.43. The molecule has 18 heavy (non-hydrogen) atoms. The van der Waals surface area contributed by atoms with Crippen molar-refractivity contribution in [1.29, 1.82) is 0 Å². The molecule has 0 spiro atoms. The Morgan fingerprint density at radius 1 is 1.44 bits per heavy atom. The van der Waals surface area contributed by atoms with Gasteiger partial charge in [-0.15, -0.1) is 0 Å². The van der Waals surface area contributed by atoms with Crippen molar-refractivity contribution in [3.8, 4) is 0 Å². The molecule has 6 heteroatoms. The highest BCUT2D eigenvalue weighted by molar-refractivity contribution is 6.30. The lowest BCUT2D eigenvalue weighted by molar-refractivity contribution is -0.724. The van der Waals surface area contributed by atoms with Crippen LogP contribution in [-0.2, 0) is 14.4 Å². The third-order valence-corrected chi connectivity index (χ3v) is 2.86. The lowest BCUT2D eigenvalue weighted by Crippen LogP contribution is -2.76. The molecule has 1 heterocycles. The lowest BCUT2D eigenvalue weighted by Gasteiger charge is -2.03. The Balaban J connectivity index is 1.95. The van der Waals surface area contributed by atoms with E-state index in [4.69, 9.17) is 26.9 Å². The van der Waals surface area contributed by atoms with Crippen LogP contribution in [0.1, 0.15) is 18.4 Å². The predicted molar refractivity (Wildman–Crippen MR) is 65.8 cm³/mol. The van der Waals surface area contributed by atoms with Gasteiger partial charge in [-0.1, -0.05) is 16.8 Å². The number of nitrogens with one attached hydrogen (secondary N) is 1. The van der Waals surface area contributed by atoms with Gasteiger partial charge in [0.05, 0.1) is 5.56 Å². The number of benzene rings is 1. The molecular weight excluding hydrogens is 256 g/mol. The quantitative estimate of drug-likeness (QED) is 0.344.